The molecule has 3 atom stereocenters. The predicted octanol–water partition coefficient (Wildman–Crippen LogP) is 0.296. The molecule has 0 saturated carbocycles. The first-order valence-electron chi connectivity index (χ1n) is 8.90. The van der Waals surface area contributed by atoms with Crippen molar-refractivity contribution in [1.82, 2.24) is 29.8 Å². The number of amides is 3. The van der Waals surface area contributed by atoms with Gasteiger partial charge in [0.1, 0.15) is 22.6 Å². The van der Waals surface area contributed by atoms with Gasteiger partial charge in [0.05, 0.1) is 0 Å². The summed E-state index contributed by atoms with van der Waals surface area (Å²) in [5.74, 6) is -2.34. The Labute approximate surface area is 200 Å². The van der Waals surface area contributed by atoms with Crippen LogP contribution >= 0.6 is 46.4 Å². The van der Waals surface area contributed by atoms with Gasteiger partial charge in [0.2, 0.25) is 17.6 Å². The van der Waals surface area contributed by atoms with E-state index < -0.39 is 35.2 Å². The fraction of sp³-hybridized carbons (Fsp3) is 0.333. The van der Waals surface area contributed by atoms with Crippen molar-refractivity contribution in [2.45, 2.75) is 21.8 Å². The highest BCUT2D eigenvalue weighted by Crippen LogP contribution is 2.42. The molecule has 18 heteroatoms. The van der Waals surface area contributed by atoms with Crippen molar-refractivity contribution in [3.63, 3.8) is 0 Å². The first-order chi connectivity index (χ1) is 15.9. The van der Waals surface area contributed by atoms with Gasteiger partial charge in [-0.1, -0.05) is 23.1 Å². The lowest BCUT2D eigenvalue weighted by molar-refractivity contribution is -0.150. The van der Waals surface area contributed by atoms with Crippen LogP contribution in [-0.4, -0.2) is 76.7 Å². The Hall–Kier alpha value is -2.96. The molecule has 0 aliphatic carbocycles. The van der Waals surface area contributed by atoms with Gasteiger partial charge in [-0.3, -0.25) is 19.3 Å². The number of carbonyl (C=O) groups excluding carboxylic acids is 3. The van der Waals surface area contributed by atoms with Gasteiger partial charge in [0.15, 0.2) is 10.2 Å². The van der Waals surface area contributed by atoms with E-state index in [0.29, 0.717) is 27.8 Å². The number of nitrogens with one attached hydrogen (secondary N) is 2. The van der Waals surface area contributed by atoms with E-state index in [0.717, 1.165) is 16.4 Å². The van der Waals surface area contributed by atoms with Gasteiger partial charge in [-0.25, -0.2) is 9.78 Å². The van der Waals surface area contributed by atoms with Gasteiger partial charge < -0.3 is 15.7 Å². The number of fused-ring (bicyclic) bond motifs is 1. The summed E-state index contributed by atoms with van der Waals surface area (Å²) in [5.41, 5.74) is 1.99. The SMILES string of the molecule is O=CNc1nc(C(N=O)C(=O)NC2C(=O)N3C(C(=O)O)=C(CSc4nncs4)CS[C@@H]23)ns1. The molecule has 0 radical (unpaired) electrons. The average Bonchev–Trinajstić information content (AvgIpc) is 3.48. The Morgan fingerprint density at radius 3 is 2.94 bits per heavy atom. The van der Waals surface area contributed by atoms with Crippen LogP contribution in [0.2, 0.25) is 0 Å². The average molecular weight is 529 g/mol. The van der Waals surface area contributed by atoms with Gasteiger partial charge in [0.25, 0.3) is 11.8 Å². The fourth-order valence-electron chi connectivity index (χ4n) is 3.07. The standard InChI is InChI=1S/C15H12N8O6S4/c24-3-16-14-19-9(22-33-14)6(21-29)10(25)18-7-11(26)23-8(13(27)28)5(1-30-12(7)23)2-31-15-20-17-4-32-15/h3-4,6-7,12H,1-2H2,(H,18,25)(H,27,28)(H,16,19,22,24)/t6?,7?,12-/m0/s1. The summed E-state index contributed by atoms with van der Waals surface area (Å²) in [6, 6.07) is -2.67. The van der Waals surface area contributed by atoms with Gasteiger partial charge in [-0.15, -0.1) is 26.9 Å². The van der Waals surface area contributed by atoms with Crippen molar-refractivity contribution in [2.24, 2.45) is 5.18 Å². The summed E-state index contributed by atoms with van der Waals surface area (Å²) in [6.45, 7) is 0. The van der Waals surface area contributed by atoms with Crippen LogP contribution in [0.1, 0.15) is 11.9 Å². The molecule has 0 spiro atoms. The van der Waals surface area contributed by atoms with Gasteiger partial charge in [-0.05, 0) is 10.7 Å². The number of aromatic nitrogens is 4. The maximum atomic E-state index is 12.7. The minimum absolute atomic E-state index is 0.0744. The molecule has 2 aliphatic rings. The van der Waals surface area contributed by atoms with Crippen LogP contribution in [0.3, 0.4) is 0 Å². The van der Waals surface area contributed by atoms with Gasteiger partial charge >= 0.3 is 5.97 Å². The monoisotopic (exact) mass is 528 g/mol. The number of rotatable bonds is 10. The van der Waals surface area contributed by atoms with E-state index in [9.17, 15) is 29.2 Å². The van der Waals surface area contributed by atoms with Crippen molar-refractivity contribution in [1.29, 1.82) is 0 Å². The Balaban J connectivity index is 1.46. The second-order valence-electron chi connectivity index (χ2n) is 6.37. The first-order valence-corrected chi connectivity index (χ1v) is 12.6. The number of nitrogens with zero attached hydrogens (tertiary/aromatic N) is 6. The summed E-state index contributed by atoms with van der Waals surface area (Å²) in [5, 5.41) is 24.2. The summed E-state index contributed by atoms with van der Waals surface area (Å²) >= 11 is 4.70. The van der Waals surface area contributed by atoms with Crippen LogP contribution in [0.25, 0.3) is 0 Å². The molecule has 4 heterocycles. The first kappa shape index (κ1) is 23.2. The van der Waals surface area contributed by atoms with Crippen LogP contribution in [0, 0.1) is 4.91 Å². The highest BCUT2D eigenvalue weighted by atomic mass is 32.2. The molecule has 2 aromatic rings. The van der Waals surface area contributed by atoms with Crippen LogP contribution < -0.4 is 10.6 Å². The van der Waals surface area contributed by atoms with Crippen molar-refractivity contribution in [2.75, 3.05) is 16.8 Å². The highest BCUT2D eigenvalue weighted by molar-refractivity contribution is 8.01. The number of nitroso groups, excluding NO2 is 1. The van der Waals surface area contributed by atoms with E-state index in [4.69, 9.17) is 0 Å². The number of carboxylic acids is 1. The molecular weight excluding hydrogens is 516 g/mol. The lowest BCUT2D eigenvalue weighted by Gasteiger charge is -2.49. The largest absolute Gasteiger partial charge is 0.477 e. The Bertz CT molecular complexity index is 1140. The number of thioether (sulfide) groups is 2. The molecule has 2 aliphatic heterocycles. The van der Waals surface area contributed by atoms with E-state index in [1.807, 2.05) is 0 Å². The maximum absolute atomic E-state index is 12.7. The summed E-state index contributed by atoms with van der Waals surface area (Å²) in [7, 11) is 0. The van der Waals surface area contributed by atoms with Gasteiger partial charge in [0, 0.05) is 23.0 Å². The smallest absolute Gasteiger partial charge is 0.352 e. The summed E-state index contributed by atoms with van der Waals surface area (Å²) in [6.07, 6.45) is 0.365. The third-order valence-electron chi connectivity index (χ3n) is 4.48. The third kappa shape index (κ3) is 4.59. The zero-order valence-corrected chi connectivity index (χ0v) is 19.4. The molecular formula is C15H12N8O6S4. The van der Waals surface area contributed by atoms with Crippen LogP contribution in [0.4, 0.5) is 5.13 Å². The molecule has 0 bridgehead atoms. The predicted molar refractivity (Wildman–Crippen MR) is 118 cm³/mol. The second-order valence-corrected chi connectivity index (χ2v) is 10.3. The fourth-order valence-corrected chi connectivity index (χ4v) is 6.60. The Kier molecular flexibility index (Phi) is 6.96. The zero-order valence-electron chi connectivity index (χ0n) is 16.1. The molecule has 2 aromatic heterocycles. The second kappa shape index (κ2) is 9.89. The Morgan fingerprint density at radius 1 is 1.45 bits per heavy atom. The maximum Gasteiger partial charge on any atom is 0.352 e. The minimum Gasteiger partial charge on any atom is -0.477 e. The zero-order chi connectivity index (χ0) is 23.5. The van der Waals surface area contributed by atoms with Crippen molar-refractivity contribution < 1.29 is 24.3 Å². The van der Waals surface area contributed by atoms with E-state index in [-0.39, 0.29) is 16.7 Å². The van der Waals surface area contributed by atoms with E-state index in [1.165, 1.54) is 34.9 Å². The Morgan fingerprint density at radius 2 is 2.27 bits per heavy atom. The molecule has 4 rings (SSSR count). The van der Waals surface area contributed by atoms with E-state index in [2.05, 4.69) is 35.4 Å². The number of hydrogen-bond donors (Lipinski definition) is 3. The molecule has 172 valence electrons. The van der Waals surface area contributed by atoms with E-state index in [1.54, 1.807) is 5.51 Å². The van der Waals surface area contributed by atoms with Crippen molar-refractivity contribution in [3.05, 3.63) is 27.5 Å². The van der Waals surface area contributed by atoms with E-state index >= 15 is 0 Å². The molecule has 0 aromatic carbocycles. The van der Waals surface area contributed by atoms with Crippen LogP contribution in [0.5, 0.6) is 0 Å². The molecule has 3 amide bonds. The minimum atomic E-state index is -1.63. The third-order valence-corrected chi connectivity index (χ3v) is 8.43. The number of hydrogen-bond acceptors (Lipinski definition) is 14. The van der Waals surface area contributed by atoms with Crippen LogP contribution in [-0.2, 0) is 19.2 Å². The summed E-state index contributed by atoms with van der Waals surface area (Å²) in [4.78, 5) is 63.9. The molecule has 14 nitrogen and oxygen atoms in total. The number of carbonyl (C=O) groups is 4. The number of β-lactam (4-membered cyclic amide) rings is 1. The quantitative estimate of drug-likeness (QED) is 0.165. The summed E-state index contributed by atoms with van der Waals surface area (Å²) < 4.78 is 4.50. The van der Waals surface area contributed by atoms with Gasteiger partial charge in [-0.2, -0.15) is 4.37 Å². The lowest BCUT2D eigenvalue weighted by Crippen LogP contribution is -2.70. The molecule has 3 N–H and O–H groups in total. The normalized spacial score (nSPS) is 20.5. The van der Waals surface area contributed by atoms with Crippen molar-refractivity contribution in [3.8, 4) is 0 Å². The lowest BCUT2D eigenvalue weighted by atomic mass is 10.0. The number of carboxylic acid groups (broad SMARTS) is 1. The molecule has 33 heavy (non-hydrogen) atoms. The number of anilines is 1. The molecule has 1 saturated heterocycles. The number of aliphatic carboxylic acids is 1. The highest BCUT2D eigenvalue weighted by Gasteiger charge is 2.54. The molecule has 2 unspecified atom stereocenters. The molecule has 1 fully saturated rings. The van der Waals surface area contributed by atoms with Crippen LogP contribution in [0.15, 0.2) is 26.3 Å². The topological polar surface area (TPSA) is 197 Å². The van der Waals surface area contributed by atoms with Crippen molar-refractivity contribution >= 4 is 75.7 Å².